The molecule has 2 heterocycles. The van der Waals surface area contributed by atoms with Gasteiger partial charge in [-0.25, -0.2) is 0 Å². The fourth-order valence-electron chi connectivity index (χ4n) is 2.55. The molecule has 3 aromatic rings. The Kier molecular flexibility index (Phi) is 4.20. The standard InChI is InChI=1S/C18H19N3O3/c1-11(2)16-8-12(20-24-16)10-19-18(23)14-9-17(22)21(3)15-7-5-4-6-13(14)15/h4-9,11H,10H2,1-3H3,(H,19,23). The lowest BCUT2D eigenvalue weighted by atomic mass is 10.1. The van der Waals surface area contributed by atoms with E-state index in [4.69, 9.17) is 4.52 Å². The lowest BCUT2D eigenvalue weighted by Gasteiger charge is -2.09. The lowest BCUT2D eigenvalue weighted by Crippen LogP contribution is -2.26. The van der Waals surface area contributed by atoms with Gasteiger partial charge in [-0.1, -0.05) is 37.2 Å². The number of aromatic nitrogens is 2. The molecule has 0 spiro atoms. The Labute approximate surface area is 139 Å². The SMILES string of the molecule is CC(C)c1cc(CNC(=O)c2cc(=O)n(C)c3ccccc23)no1. The molecule has 1 aromatic carbocycles. The van der Waals surface area contributed by atoms with Crippen LogP contribution >= 0.6 is 0 Å². The molecule has 0 unspecified atom stereocenters. The average molecular weight is 325 g/mol. The summed E-state index contributed by atoms with van der Waals surface area (Å²) in [6.07, 6.45) is 0. The van der Waals surface area contributed by atoms with Gasteiger partial charge in [0.25, 0.3) is 11.5 Å². The molecule has 0 aliphatic heterocycles. The second-order valence-electron chi connectivity index (χ2n) is 6.03. The van der Waals surface area contributed by atoms with Crippen molar-refractivity contribution in [2.24, 2.45) is 7.05 Å². The number of fused-ring (bicyclic) bond motifs is 1. The largest absolute Gasteiger partial charge is 0.361 e. The van der Waals surface area contributed by atoms with Gasteiger partial charge in [-0.15, -0.1) is 0 Å². The zero-order valence-corrected chi connectivity index (χ0v) is 13.9. The molecule has 3 rings (SSSR count). The molecule has 6 nitrogen and oxygen atoms in total. The molecule has 24 heavy (non-hydrogen) atoms. The van der Waals surface area contributed by atoms with Crippen molar-refractivity contribution in [3.8, 4) is 0 Å². The highest BCUT2D eigenvalue weighted by atomic mass is 16.5. The number of amides is 1. The smallest absolute Gasteiger partial charge is 0.252 e. The zero-order chi connectivity index (χ0) is 17.3. The average Bonchev–Trinajstić information content (AvgIpc) is 3.05. The van der Waals surface area contributed by atoms with Crippen molar-refractivity contribution in [1.82, 2.24) is 15.0 Å². The van der Waals surface area contributed by atoms with Gasteiger partial charge in [-0.3, -0.25) is 9.59 Å². The first kappa shape index (κ1) is 16.0. The number of carbonyl (C=O) groups is 1. The van der Waals surface area contributed by atoms with E-state index in [1.807, 2.05) is 44.2 Å². The van der Waals surface area contributed by atoms with E-state index < -0.39 is 0 Å². The molecule has 0 radical (unpaired) electrons. The maximum absolute atomic E-state index is 12.5. The van der Waals surface area contributed by atoms with Gasteiger partial charge in [0.05, 0.1) is 17.6 Å². The Morgan fingerprint density at radius 3 is 2.75 bits per heavy atom. The summed E-state index contributed by atoms with van der Waals surface area (Å²) >= 11 is 0. The second-order valence-corrected chi connectivity index (χ2v) is 6.03. The van der Waals surface area contributed by atoms with E-state index >= 15 is 0 Å². The fraction of sp³-hybridized carbons (Fsp3) is 0.278. The molecule has 0 fully saturated rings. The first-order valence-corrected chi connectivity index (χ1v) is 7.80. The van der Waals surface area contributed by atoms with Crippen LogP contribution in [0.15, 0.2) is 45.7 Å². The molecular formula is C18H19N3O3. The van der Waals surface area contributed by atoms with E-state index in [0.29, 0.717) is 11.3 Å². The van der Waals surface area contributed by atoms with Gasteiger partial charge in [0.1, 0.15) is 11.5 Å². The number of hydrogen-bond acceptors (Lipinski definition) is 4. The van der Waals surface area contributed by atoms with Crippen LogP contribution in [0, 0.1) is 0 Å². The zero-order valence-electron chi connectivity index (χ0n) is 13.9. The van der Waals surface area contributed by atoms with E-state index in [2.05, 4.69) is 10.5 Å². The molecular weight excluding hydrogens is 306 g/mol. The highest BCUT2D eigenvalue weighted by Gasteiger charge is 2.14. The van der Waals surface area contributed by atoms with Crippen LogP contribution < -0.4 is 10.9 Å². The van der Waals surface area contributed by atoms with Crippen LogP contribution in [0.5, 0.6) is 0 Å². The van der Waals surface area contributed by atoms with Crippen molar-refractivity contribution >= 4 is 16.8 Å². The summed E-state index contributed by atoms with van der Waals surface area (Å²) in [6, 6.07) is 10.5. The quantitative estimate of drug-likeness (QED) is 0.800. The van der Waals surface area contributed by atoms with Gasteiger partial charge in [-0.05, 0) is 6.07 Å². The van der Waals surface area contributed by atoms with Gasteiger partial charge in [0.15, 0.2) is 0 Å². The number of nitrogens with one attached hydrogen (secondary N) is 1. The topological polar surface area (TPSA) is 77.1 Å². The Morgan fingerprint density at radius 1 is 1.29 bits per heavy atom. The summed E-state index contributed by atoms with van der Waals surface area (Å²) in [5.74, 6) is 0.708. The number of carbonyl (C=O) groups excluding carboxylic acids is 1. The normalized spacial score (nSPS) is 11.2. The Bertz CT molecular complexity index is 954. The van der Waals surface area contributed by atoms with E-state index in [9.17, 15) is 9.59 Å². The molecule has 0 aliphatic rings. The number of pyridine rings is 1. The summed E-state index contributed by atoms with van der Waals surface area (Å²) < 4.78 is 6.74. The van der Waals surface area contributed by atoms with Gasteiger partial charge >= 0.3 is 0 Å². The molecule has 124 valence electrons. The van der Waals surface area contributed by atoms with Crippen LogP contribution in [0.3, 0.4) is 0 Å². The predicted molar refractivity (Wildman–Crippen MR) is 91.0 cm³/mol. The van der Waals surface area contributed by atoms with Crippen LogP contribution in [0.4, 0.5) is 0 Å². The number of hydrogen-bond donors (Lipinski definition) is 1. The monoisotopic (exact) mass is 325 g/mol. The van der Waals surface area contributed by atoms with Crippen molar-refractivity contribution < 1.29 is 9.32 Å². The van der Waals surface area contributed by atoms with Gasteiger partial charge < -0.3 is 14.4 Å². The Morgan fingerprint density at radius 2 is 2.04 bits per heavy atom. The molecule has 0 aliphatic carbocycles. The maximum Gasteiger partial charge on any atom is 0.252 e. The van der Waals surface area contributed by atoms with E-state index in [-0.39, 0.29) is 23.9 Å². The van der Waals surface area contributed by atoms with Crippen LogP contribution in [-0.2, 0) is 13.6 Å². The number of rotatable bonds is 4. The third kappa shape index (κ3) is 2.95. The fourth-order valence-corrected chi connectivity index (χ4v) is 2.55. The Hall–Kier alpha value is -2.89. The van der Waals surface area contributed by atoms with Crippen LogP contribution in [-0.4, -0.2) is 15.6 Å². The predicted octanol–water partition coefficient (Wildman–Crippen LogP) is 2.58. The highest BCUT2D eigenvalue weighted by molar-refractivity contribution is 6.06. The lowest BCUT2D eigenvalue weighted by molar-refractivity contribution is 0.0951. The maximum atomic E-state index is 12.5. The molecule has 2 aromatic heterocycles. The minimum absolute atomic E-state index is 0.220. The second kappa shape index (κ2) is 6.31. The number of nitrogens with zero attached hydrogens (tertiary/aromatic N) is 2. The minimum Gasteiger partial charge on any atom is -0.361 e. The number of benzene rings is 1. The van der Waals surface area contributed by atoms with Crippen LogP contribution in [0.25, 0.3) is 10.9 Å². The van der Waals surface area contributed by atoms with E-state index in [1.54, 1.807) is 7.05 Å². The van der Waals surface area contributed by atoms with Crippen molar-refractivity contribution in [3.05, 3.63) is 63.8 Å². The number of aryl methyl sites for hydroxylation is 1. The van der Waals surface area contributed by atoms with Crippen molar-refractivity contribution in [2.45, 2.75) is 26.3 Å². The Balaban J connectivity index is 1.86. The summed E-state index contributed by atoms with van der Waals surface area (Å²) in [7, 11) is 1.69. The van der Waals surface area contributed by atoms with E-state index in [0.717, 1.165) is 16.7 Å². The first-order valence-electron chi connectivity index (χ1n) is 7.80. The van der Waals surface area contributed by atoms with Gasteiger partial charge in [0, 0.05) is 30.5 Å². The van der Waals surface area contributed by atoms with Gasteiger partial charge in [0.2, 0.25) is 0 Å². The molecule has 1 N–H and O–H groups in total. The van der Waals surface area contributed by atoms with Crippen molar-refractivity contribution in [1.29, 1.82) is 0 Å². The molecule has 0 saturated heterocycles. The first-order chi connectivity index (χ1) is 11.5. The number of para-hydroxylation sites is 1. The molecule has 0 saturated carbocycles. The highest BCUT2D eigenvalue weighted by Crippen LogP contribution is 2.17. The summed E-state index contributed by atoms with van der Waals surface area (Å²) in [5, 5.41) is 7.47. The molecule has 1 amide bonds. The minimum atomic E-state index is -0.307. The van der Waals surface area contributed by atoms with Crippen LogP contribution in [0.1, 0.15) is 41.6 Å². The van der Waals surface area contributed by atoms with Crippen LogP contribution in [0.2, 0.25) is 0 Å². The van der Waals surface area contributed by atoms with Crippen molar-refractivity contribution in [3.63, 3.8) is 0 Å². The molecule has 6 heteroatoms. The molecule has 0 atom stereocenters. The molecule has 0 bridgehead atoms. The third-order valence-electron chi connectivity index (χ3n) is 3.97. The van der Waals surface area contributed by atoms with E-state index in [1.165, 1.54) is 10.6 Å². The summed E-state index contributed by atoms with van der Waals surface area (Å²) in [4.78, 5) is 24.6. The summed E-state index contributed by atoms with van der Waals surface area (Å²) in [5.41, 5.74) is 1.52. The summed E-state index contributed by atoms with van der Waals surface area (Å²) in [6.45, 7) is 4.27. The van der Waals surface area contributed by atoms with Gasteiger partial charge in [-0.2, -0.15) is 0 Å². The van der Waals surface area contributed by atoms with Crippen molar-refractivity contribution in [2.75, 3.05) is 0 Å². The third-order valence-corrected chi connectivity index (χ3v) is 3.97.